The Balaban J connectivity index is 1.57. The number of hydrogen-bond acceptors (Lipinski definition) is 3. The Bertz CT molecular complexity index is 1790. The van der Waals surface area contributed by atoms with Crippen LogP contribution in [0.15, 0.2) is 84.0 Å². The third kappa shape index (κ3) is 3.37. The predicted molar refractivity (Wildman–Crippen MR) is 124 cm³/mol. The van der Waals surface area contributed by atoms with Gasteiger partial charge in [0, 0.05) is 24.2 Å². The van der Waals surface area contributed by atoms with Gasteiger partial charge in [0.05, 0.1) is 28.7 Å². The van der Waals surface area contributed by atoms with E-state index in [-0.39, 0.29) is 40.0 Å². The van der Waals surface area contributed by atoms with Crippen molar-refractivity contribution in [2.45, 2.75) is 6.54 Å². The van der Waals surface area contributed by atoms with Gasteiger partial charge in [-0.1, -0.05) is 18.2 Å². The Hall–Kier alpha value is -4.73. The number of aromatic nitrogens is 5. The number of para-hydroxylation sites is 1. The van der Waals surface area contributed by atoms with E-state index in [0.717, 1.165) is 22.9 Å². The average Bonchev–Trinajstić information content (AvgIpc) is 3.52. The van der Waals surface area contributed by atoms with Crippen molar-refractivity contribution in [1.82, 2.24) is 24.1 Å². The summed E-state index contributed by atoms with van der Waals surface area (Å²) in [5, 5.41) is 7.95. The summed E-state index contributed by atoms with van der Waals surface area (Å²) in [5.41, 5.74) is -0.577. The smallest absolute Gasteiger partial charge is 0.282 e. The summed E-state index contributed by atoms with van der Waals surface area (Å²) in [6.45, 7) is -0.206. The minimum Gasteiger partial charge on any atom is -0.340 e. The fourth-order valence-electron chi connectivity index (χ4n) is 4.31. The van der Waals surface area contributed by atoms with Gasteiger partial charge >= 0.3 is 0 Å². The second-order valence-electron chi connectivity index (χ2n) is 8.17. The van der Waals surface area contributed by atoms with Gasteiger partial charge in [0.15, 0.2) is 0 Å². The molecule has 36 heavy (non-hydrogen) atoms. The molecule has 178 valence electrons. The molecule has 0 spiro atoms. The third-order valence-electron chi connectivity index (χ3n) is 5.99. The van der Waals surface area contributed by atoms with Crippen LogP contribution in [0.1, 0.15) is 5.56 Å². The van der Waals surface area contributed by atoms with Gasteiger partial charge in [-0.05, 0) is 42.5 Å². The van der Waals surface area contributed by atoms with Crippen molar-refractivity contribution in [2.75, 3.05) is 0 Å². The fraction of sp³-hybridized carbons (Fsp3) is 0.0385. The van der Waals surface area contributed by atoms with Crippen LogP contribution < -0.4 is 5.56 Å². The van der Waals surface area contributed by atoms with Crippen LogP contribution in [0.5, 0.6) is 0 Å². The number of benzene rings is 3. The van der Waals surface area contributed by atoms with Crippen molar-refractivity contribution in [1.29, 1.82) is 0 Å². The molecule has 0 unspecified atom stereocenters. The lowest BCUT2D eigenvalue weighted by Gasteiger charge is -2.16. The molecule has 2 aliphatic rings. The first-order valence-electron chi connectivity index (χ1n) is 10.9. The van der Waals surface area contributed by atoms with Crippen LogP contribution in [-0.2, 0) is 6.54 Å². The summed E-state index contributed by atoms with van der Waals surface area (Å²) in [4.78, 5) is 13.2. The topological polar surface area (TPSA) is 57.6 Å². The summed E-state index contributed by atoms with van der Waals surface area (Å²) < 4.78 is 63.1. The van der Waals surface area contributed by atoms with Gasteiger partial charge in [-0.2, -0.15) is 14.9 Å². The monoisotopic (exact) mass is 489 g/mol. The number of rotatable bonds is 4. The maximum Gasteiger partial charge on any atom is 0.282 e. The zero-order chi connectivity index (χ0) is 25.0. The molecule has 2 aliphatic heterocycles. The highest BCUT2D eigenvalue weighted by molar-refractivity contribution is 5.94. The summed E-state index contributed by atoms with van der Waals surface area (Å²) >= 11 is 0. The fourth-order valence-corrected chi connectivity index (χ4v) is 4.31. The van der Waals surface area contributed by atoms with Crippen molar-refractivity contribution >= 4 is 10.9 Å². The molecule has 6 nitrogen and oxygen atoms in total. The lowest BCUT2D eigenvalue weighted by atomic mass is 10.1. The third-order valence-corrected chi connectivity index (χ3v) is 5.99. The Morgan fingerprint density at radius 2 is 1.64 bits per heavy atom. The van der Waals surface area contributed by atoms with E-state index in [1.165, 1.54) is 45.8 Å². The van der Waals surface area contributed by atoms with E-state index in [1.54, 1.807) is 24.5 Å². The summed E-state index contributed by atoms with van der Waals surface area (Å²) in [6.07, 6.45) is 4.50. The molecule has 6 rings (SSSR count). The van der Waals surface area contributed by atoms with Gasteiger partial charge in [-0.25, -0.2) is 22.2 Å². The van der Waals surface area contributed by atoms with Gasteiger partial charge in [0.1, 0.15) is 34.7 Å². The van der Waals surface area contributed by atoms with Crippen molar-refractivity contribution in [2.24, 2.45) is 0 Å². The predicted octanol–water partition coefficient (Wildman–Crippen LogP) is 5.08. The maximum absolute atomic E-state index is 15.0. The van der Waals surface area contributed by atoms with Crippen molar-refractivity contribution in [3.05, 3.63) is 118 Å². The minimum atomic E-state index is -0.821. The van der Waals surface area contributed by atoms with Gasteiger partial charge in [0.25, 0.3) is 5.56 Å². The van der Waals surface area contributed by atoms with E-state index < -0.39 is 28.8 Å². The van der Waals surface area contributed by atoms with Gasteiger partial charge in [-0.3, -0.25) is 4.79 Å². The van der Waals surface area contributed by atoms with Crippen LogP contribution in [0.25, 0.3) is 33.5 Å². The molecule has 4 aromatic rings. The number of nitrogens with zero attached hydrogens (tertiary/aromatic N) is 5. The first-order chi connectivity index (χ1) is 17.4. The highest BCUT2D eigenvalue weighted by Gasteiger charge is 2.26. The van der Waals surface area contributed by atoms with Crippen LogP contribution in [0, 0.1) is 23.3 Å². The molecule has 3 heterocycles. The van der Waals surface area contributed by atoms with E-state index >= 15 is 13.2 Å². The summed E-state index contributed by atoms with van der Waals surface area (Å²) in [5.74, 6) is -2.90. The molecular formula is C26H15F4N5O. The highest BCUT2D eigenvalue weighted by Crippen LogP contribution is 2.32. The molecule has 1 aromatic heterocycles. The molecule has 0 aliphatic carbocycles. The molecule has 0 atom stereocenters. The minimum absolute atomic E-state index is 0.0659. The van der Waals surface area contributed by atoms with Gasteiger partial charge in [0.2, 0.25) is 0 Å². The number of pyridine rings is 1. The van der Waals surface area contributed by atoms with Crippen LogP contribution in [-0.4, -0.2) is 24.1 Å². The molecule has 0 fully saturated rings. The largest absolute Gasteiger partial charge is 0.340 e. The van der Waals surface area contributed by atoms with Crippen LogP contribution in [0.3, 0.4) is 0 Å². The SMILES string of the molecule is O=c1c2cn(Cc3ccc(-n4cccn4)cc3F)c3c(F)ccc(F)c3c-2nn1-c1ccccc1F. The molecular weight excluding hydrogens is 474 g/mol. The zero-order valence-electron chi connectivity index (χ0n) is 18.4. The van der Waals surface area contributed by atoms with Crippen LogP contribution >= 0.6 is 0 Å². The molecule has 0 saturated carbocycles. The highest BCUT2D eigenvalue weighted by atomic mass is 19.1. The molecule has 0 amide bonds. The second kappa shape index (κ2) is 8.19. The van der Waals surface area contributed by atoms with Crippen molar-refractivity contribution < 1.29 is 17.6 Å². The van der Waals surface area contributed by atoms with E-state index in [4.69, 9.17) is 0 Å². The van der Waals surface area contributed by atoms with Crippen LogP contribution in [0.2, 0.25) is 0 Å². The molecule has 0 radical (unpaired) electrons. The lowest BCUT2D eigenvalue weighted by Crippen LogP contribution is -2.16. The Morgan fingerprint density at radius 3 is 2.39 bits per heavy atom. The maximum atomic E-state index is 15.0. The molecule has 0 bridgehead atoms. The quantitative estimate of drug-likeness (QED) is 0.325. The molecule has 3 aromatic carbocycles. The first-order valence-corrected chi connectivity index (χ1v) is 10.9. The summed E-state index contributed by atoms with van der Waals surface area (Å²) in [7, 11) is 0. The van der Waals surface area contributed by atoms with E-state index in [0.29, 0.717) is 5.69 Å². The average molecular weight is 489 g/mol. The van der Waals surface area contributed by atoms with E-state index in [1.807, 2.05) is 0 Å². The van der Waals surface area contributed by atoms with E-state index in [9.17, 15) is 9.18 Å². The van der Waals surface area contributed by atoms with E-state index in [2.05, 4.69) is 10.2 Å². The Kier molecular flexibility index (Phi) is 4.96. The first kappa shape index (κ1) is 21.8. The van der Waals surface area contributed by atoms with Crippen LogP contribution in [0.4, 0.5) is 17.6 Å². The number of fused-ring (bicyclic) bond motifs is 3. The van der Waals surface area contributed by atoms with Crippen molar-refractivity contribution in [3.8, 4) is 22.6 Å². The van der Waals surface area contributed by atoms with Crippen molar-refractivity contribution in [3.63, 3.8) is 0 Å². The molecule has 0 N–H and O–H groups in total. The lowest BCUT2D eigenvalue weighted by molar-refractivity contribution is 0.590. The zero-order valence-corrected chi connectivity index (χ0v) is 18.4. The molecule has 10 heteroatoms. The number of hydrogen-bond donors (Lipinski definition) is 0. The standard InChI is InChI=1S/C26H15F4N5O/c27-18-4-1-2-5-22(18)35-26(36)17-14-33(25-20(29)9-8-19(28)23(25)24(17)32-35)13-15-6-7-16(12-21(15)30)34-11-3-10-31-34/h1-12,14H,13H2. The van der Waals surface area contributed by atoms with Gasteiger partial charge < -0.3 is 4.57 Å². The normalized spacial score (nSPS) is 11.6. The Labute approximate surface area is 200 Å². The molecule has 0 saturated heterocycles. The second-order valence-corrected chi connectivity index (χ2v) is 8.17. The Morgan fingerprint density at radius 1 is 0.833 bits per heavy atom. The summed E-state index contributed by atoms with van der Waals surface area (Å²) in [6, 6.07) is 13.5. The number of halogens is 4. The van der Waals surface area contributed by atoms with Gasteiger partial charge in [-0.15, -0.1) is 0 Å².